The van der Waals surface area contributed by atoms with Crippen LogP contribution in [0.4, 0.5) is 0 Å². The van der Waals surface area contributed by atoms with Gasteiger partial charge in [0.15, 0.2) is 5.78 Å². The second-order valence-corrected chi connectivity index (χ2v) is 5.25. The Morgan fingerprint density at radius 2 is 1.75 bits per heavy atom. The third-order valence-electron chi connectivity index (χ3n) is 3.64. The summed E-state index contributed by atoms with van der Waals surface area (Å²) in [4.78, 5) is 12.4. The molecule has 2 aromatic rings. The third kappa shape index (κ3) is 3.55. The molecule has 104 valence electrons. The zero-order valence-electron chi connectivity index (χ0n) is 12.3. The van der Waals surface area contributed by atoms with Crippen LogP contribution in [0.3, 0.4) is 0 Å². The lowest BCUT2D eigenvalue weighted by molar-refractivity contribution is 0.0950. The molecule has 0 amide bonds. The summed E-state index contributed by atoms with van der Waals surface area (Å²) in [5.74, 6) is 0.143. The van der Waals surface area contributed by atoms with Crippen molar-refractivity contribution in [3.63, 3.8) is 0 Å². The van der Waals surface area contributed by atoms with Gasteiger partial charge in [-0.05, 0) is 43.5 Å². The van der Waals surface area contributed by atoms with Crippen LogP contribution in [0.2, 0.25) is 0 Å². The summed E-state index contributed by atoms with van der Waals surface area (Å²) in [5.41, 5.74) is 4.34. The second-order valence-electron chi connectivity index (χ2n) is 5.25. The van der Waals surface area contributed by atoms with E-state index in [4.69, 9.17) is 0 Å². The van der Waals surface area contributed by atoms with E-state index in [1.165, 1.54) is 11.1 Å². The average molecular weight is 267 g/mol. The molecule has 0 bridgehead atoms. The summed E-state index contributed by atoms with van der Waals surface area (Å²) >= 11 is 0. The van der Waals surface area contributed by atoms with E-state index in [0.717, 1.165) is 11.1 Å². The summed E-state index contributed by atoms with van der Waals surface area (Å²) in [6, 6.07) is 15.8. The highest BCUT2D eigenvalue weighted by Gasteiger charge is 2.14. The maximum atomic E-state index is 12.4. The Labute approximate surface area is 120 Å². The number of carbonyl (C=O) groups is 1. The Hall–Kier alpha value is -1.93. The van der Waals surface area contributed by atoms with Gasteiger partial charge >= 0.3 is 0 Å². The Morgan fingerprint density at radius 1 is 1.05 bits per heavy atom. The highest BCUT2D eigenvalue weighted by molar-refractivity contribution is 6.00. The van der Waals surface area contributed by atoms with Crippen molar-refractivity contribution in [1.29, 1.82) is 0 Å². The standard InChI is InChI=1S/C18H21NO/c1-13-9-10-17(11-14(13)2)18(20)15(3)19-12-16-7-5-4-6-8-16/h4-11,15,19H,12H2,1-3H3. The number of ketones is 1. The molecule has 0 saturated carbocycles. The molecule has 0 aliphatic heterocycles. The maximum absolute atomic E-state index is 12.4. The van der Waals surface area contributed by atoms with Crippen molar-refractivity contribution in [3.8, 4) is 0 Å². The van der Waals surface area contributed by atoms with Gasteiger partial charge < -0.3 is 5.32 Å². The summed E-state index contributed by atoms with van der Waals surface area (Å²) in [5, 5.41) is 3.28. The third-order valence-corrected chi connectivity index (χ3v) is 3.64. The van der Waals surface area contributed by atoms with Crippen LogP contribution in [0.15, 0.2) is 48.5 Å². The quantitative estimate of drug-likeness (QED) is 0.838. The number of hydrogen-bond acceptors (Lipinski definition) is 2. The molecule has 20 heavy (non-hydrogen) atoms. The number of aryl methyl sites for hydroxylation is 2. The number of rotatable bonds is 5. The number of benzene rings is 2. The molecule has 0 aromatic heterocycles. The fraction of sp³-hybridized carbons (Fsp3) is 0.278. The molecule has 0 aliphatic carbocycles. The summed E-state index contributed by atoms with van der Waals surface area (Å²) in [6.45, 7) is 6.72. The predicted octanol–water partition coefficient (Wildman–Crippen LogP) is 3.66. The Bertz CT molecular complexity index is 590. The second kappa shape index (κ2) is 6.49. The molecular formula is C18H21NO. The van der Waals surface area contributed by atoms with Crippen molar-refractivity contribution in [2.24, 2.45) is 0 Å². The first kappa shape index (κ1) is 14.5. The molecule has 0 spiro atoms. The Morgan fingerprint density at radius 3 is 2.40 bits per heavy atom. The number of nitrogens with one attached hydrogen (secondary N) is 1. The van der Waals surface area contributed by atoms with E-state index in [2.05, 4.69) is 24.4 Å². The van der Waals surface area contributed by atoms with Crippen molar-refractivity contribution >= 4 is 5.78 Å². The van der Waals surface area contributed by atoms with Crippen LogP contribution in [-0.2, 0) is 6.54 Å². The van der Waals surface area contributed by atoms with Crippen LogP contribution in [0.25, 0.3) is 0 Å². The van der Waals surface area contributed by atoms with Crippen molar-refractivity contribution < 1.29 is 4.79 Å². The lowest BCUT2D eigenvalue weighted by atomic mass is 10.0. The molecule has 1 N–H and O–H groups in total. The predicted molar refractivity (Wildman–Crippen MR) is 83.0 cm³/mol. The van der Waals surface area contributed by atoms with E-state index < -0.39 is 0 Å². The normalized spacial score (nSPS) is 12.2. The summed E-state index contributed by atoms with van der Waals surface area (Å²) in [6.07, 6.45) is 0. The van der Waals surface area contributed by atoms with Crippen LogP contribution < -0.4 is 5.32 Å². The minimum atomic E-state index is -0.183. The molecule has 2 nitrogen and oxygen atoms in total. The van der Waals surface area contributed by atoms with E-state index in [1.54, 1.807) is 0 Å². The van der Waals surface area contributed by atoms with E-state index in [1.807, 2.05) is 50.2 Å². The molecule has 0 heterocycles. The Kier molecular flexibility index (Phi) is 4.70. The molecule has 1 atom stereocenters. The van der Waals surface area contributed by atoms with Crippen molar-refractivity contribution in [1.82, 2.24) is 5.32 Å². The first-order valence-electron chi connectivity index (χ1n) is 6.96. The van der Waals surface area contributed by atoms with E-state index in [9.17, 15) is 4.79 Å². The number of carbonyl (C=O) groups excluding carboxylic acids is 1. The van der Waals surface area contributed by atoms with Crippen LogP contribution >= 0.6 is 0 Å². The SMILES string of the molecule is Cc1ccc(C(=O)C(C)NCc2ccccc2)cc1C. The smallest absolute Gasteiger partial charge is 0.179 e. The summed E-state index contributed by atoms with van der Waals surface area (Å²) < 4.78 is 0. The van der Waals surface area contributed by atoms with Gasteiger partial charge in [0.2, 0.25) is 0 Å². The lowest BCUT2D eigenvalue weighted by Gasteiger charge is -2.14. The molecule has 1 unspecified atom stereocenters. The van der Waals surface area contributed by atoms with Gasteiger partial charge in [-0.15, -0.1) is 0 Å². The molecule has 0 aliphatic rings. The fourth-order valence-corrected chi connectivity index (χ4v) is 2.10. The summed E-state index contributed by atoms with van der Waals surface area (Å²) in [7, 11) is 0. The van der Waals surface area contributed by atoms with Gasteiger partial charge in [-0.25, -0.2) is 0 Å². The van der Waals surface area contributed by atoms with Crippen molar-refractivity contribution in [2.45, 2.75) is 33.4 Å². The average Bonchev–Trinajstić information content (AvgIpc) is 2.48. The van der Waals surface area contributed by atoms with Crippen LogP contribution in [0.1, 0.15) is 34.0 Å². The monoisotopic (exact) mass is 267 g/mol. The highest BCUT2D eigenvalue weighted by atomic mass is 16.1. The van der Waals surface area contributed by atoms with Gasteiger partial charge in [-0.3, -0.25) is 4.79 Å². The first-order valence-corrected chi connectivity index (χ1v) is 6.96. The maximum Gasteiger partial charge on any atom is 0.179 e. The van der Waals surface area contributed by atoms with E-state index in [0.29, 0.717) is 6.54 Å². The molecule has 2 rings (SSSR count). The fourth-order valence-electron chi connectivity index (χ4n) is 2.10. The molecular weight excluding hydrogens is 246 g/mol. The Balaban J connectivity index is 1.99. The molecule has 0 radical (unpaired) electrons. The zero-order chi connectivity index (χ0) is 14.5. The number of hydrogen-bond donors (Lipinski definition) is 1. The lowest BCUT2D eigenvalue weighted by Crippen LogP contribution is -2.33. The largest absolute Gasteiger partial charge is 0.303 e. The minimum absolute atomic E-state index is 0.143. The zero-order valence-corrected chi connectivity index (χ0v) is 12.3. The van der Waals surface area contributed by atoms with Gasteiger partial charge in [0.05, 0.1) is 6.04 Å². The van der Waals surface area contributed by atoms with Crippen LogP contribution in [0, 0.1) is 13.8 Å². The number of Topliss-reactive ketones (excluding diaryl/α,β-unsaturated/α-hetero) is 1. The molecule has 0 fully saturated rings. The molecule has 0 saturated heterocycles. The van der Waals surface area contributed by atoms with Gasteiger partial charge in [0.25, 0.3) is 0 Å². The van der Waals surface area contributed by atoms with Crippen LogP contribution in [0.5, 0.6) is 0 Å². The molecule has 2 aromatic carbocycles. The minimum Gasteiger partial charge on any atom is -0.303 e. The van der Waals surface area contributed by atoms with Gasteiger partial charge in [-0.2, -0.15) is 0 Å². The van der Waals surface area contributed by atoms with Crippen molar-refractivity contribution in [2.75, 3.05) is 0 Å². The van der Waals surface area contributed by atoms with Crippen molar-refractivity contribution in [3.05, 3.63) is 70.8 Å². The van der Waals surface area contributed by atoms with Crippen LogP contribution in [-0.4, -0.2) is 11.8 Å². The topological polar surface area (TPSA) is 29.1 Å². The highest BCUT2D eigenvalue weighted by Crippen LogP contribution is 2.12. The van der Waals surface area contributed by atoms with Gasteiger partial charge in [-0.1, -0.05) is 42.5 Å². The van der Waals surface area contributed by atoms with Gasteiger partial charge in [0, 0.05) is 12.1 Å². The van der Waals surface area contributed by atoms with E-state index >= 15 is 0 Å². The van der Waals surface area contributed by atoms with Gasteiger partial charge in [0.1, 0.15) is 0 Å². The van der Waals surface area contributed by atoms with E-state index in [-0.39, 0.29) is 11.8 Å². The first-order chi connectivity index (χ1) is 9.58. The molecule has 2 heteroatoms.